The lowest BCUT2D eigenvalue weighted by Gasteiger charge is -2.07. The Kier molecular flexibility index (Phi) is 3.28. The van der Waals surface area contributed by atoms with E-state index in [0.717, 1.165) is 10.6 Å². The Morgan fingerprint density at radius 1 is 1.50 bits per heavy atom. The van der Waals surface area contributed by atoms with E-state index in [4.69, 9.17) is 5.73 Å². The van der Waals surface area contributed by atoms with E-state index in [1.165, 1.54) is 5.56 Å². The van der Waals surface area contributed by atoms with E-state index in [1.807, 2.05) is 24.4 Å². The largest absolute Gasteiger partial charge is 0.384 e. The second-order valence-electron chi connectivity index (χ2n) is 3.48. The van der Waals surface area contributed by atoms with Crippen molar-refractivity contribution in [1.29, 1.82) is 0 Å². The van der Waals surface area contributed by atoms with Gasteiger partial charge in [0, 0.05) is 12.7 Å². The maximum atomic E-state index is 9.57. The van der Waals surface area contributed by atoms with Crippen molar-refractivity contribution < 1.29 is 5.11 Å². The molecule has 0 bridgehead atoms. The topological polar surface area (TPSA) is 72.0 Å². The first kappa shape index (κ1) is 11.2. The lowest BCUT2D eigenvalue weighted by Crippen LogP contribution is -2.14. The summed E-state index contributed by atoms with van der Waals surface area (Å²) in [6.45, 7) is 2.17. The lowest BCUT2D eigenvalue weighted by atomic mass is 10.2. The standard InChI is InChI=1S/C11H13N3OS/c1-7-3-5-16-10(7)8-2-4-13-11(14-8)9(15)6-12/h2-5,9,15H,6,12H2,1H3. The molecule has 3 N–H and O–H groups in total. The molecule has 0 spiro atoms. The van der Waals surface area contributed by atoms with Gasteiger partial charge < -0.3 is 10.8 Å². The number of aliphatic hydroxyl groups is 1. The monoisotopic (exact) mass is 235 g/mol. The van der Waals surface area contributed by atoms with Crippen molar-refractivity contribution in [3.8, 4) is 10.6 Å². The van der Waals surface area contributed by atoms with Crippen LogP contribution in [0.1, 0.15) is 17.5 Å². The van der Waals surface area contributed by atoms with Crippen LogP contribution in [0.15, 0.2) is 23.7 Å². The van der Waals surface area contributed by atoms with Crippen LogP contribution >= 0.6 is 11.3 Å². The SMILES string of the molecule is Cc1ccsc1-c1ccnc(C(O)CN)n1. The van der Waals surface area contributed by atoms with Gasteiger partial charge in [0.2, 0.25) is 0 Å². The average molecular weight is 235 g/mol. The van der Waals surface area contributed by atoms with Crippen molar-refractivity contribution in [3.05, 3.63) is 35.1 Å². The van der Waals surface area contributed by atoms with Crippen LogP contribution in [0.3, 0.4) is 0 Å². The number of hydrogen-bond donors (Lipinski definition) is 2. The Bertz CT molecular complexity index is 484. The van der Waals surface area contributed by atoms with Crippen LogP contribution in [0, 0.1) is 6.92 Å². The molecule has 0 fully saturated rings. The van der Waals surface area contributed by atoms with E-state index in [9.17, 15) is 5.11 Å². The lowest BCUT2D eigenvalue weighted by molar-refractivity contribution is 0.176. The quantitative estimate of drug-likeness (QED) is 0.845. The minimum atomic E-state index is -0.791. The molecule has 16 heavy (non-hydrogen) atoms. The van der Waals surface area contributed by atoms with Gasteiger partial charge >= 0.3 is 0 Å². The van der Waals surface area contributed by atoms with Gasteiger partial charge in [0.1, 0.15) is 6.10 Å². The molecule has 0 aliphatic heterocycles. The van der Waals surface area contributed by atoms with E-state index < -0.39 is 6.10 Å². The van der Waals surface area contributed by atoms with Gasteiger partial charge in [-0.1, -0.05) is 0 Å². The van der Waals surface area contributed by atoms with Gasteiger partial charge in [-0.3, -0.25) is 0 Å². The maximum absolute atomic E-state index is 9.57. The van der Waals surface area contributed by atoms with Crippen molar-refractivity contribution >= 4 is 11.3 Å². The van der Waals surface area contributed by atoms with Crippen molar-refractivity contribution in [1.82, 2.24) is 9.97 Å². The van der Waals surface area contributed by atoms with E-state index in [-0.39, 0.29) is 6.54 Å². The predicted octanol–water partition coefficient (Wildman–Crippen LogP) is 1.51. The van der Waals surface area contributed by atoms with Crippen molar-refractivity contribution in [3.63, 3.8) is 0 Å². The minimum Gasteiger partial charge on any atom is -0.384 e. The van der Waals surface area contributed by atoms with Crippen LogP contribution in [0.25, 0.3) is 10.6 Å². The molecule has 0 radical (unpaired) electrons. The summed E-state index contributed by atoms with van der Waals surface area (Å²) in [5, 5.41) is 11.6. The van der Waals surface area contributed by atoms with Crippen LogP contribution in [0.2, 0.25) is 0 Å². The molecule has 0 saturated heterocycles. The molecule has 0 saturated carbocycles. The zero-order valence-electron chi connectivity index (χ0n) is 8.92. The third kappa shape index (κ3) is 2.11. The summed E-state index contributed by atoms with van der Waals surface area (Å²) in [7, 11) is 0. The first-order valence-corrected chi connectivity index (χ1v) is 5.86. The second kappa shape index (κ2) is 4.69. The van der Waals surface area contributed by atoms with E-state index >= 15 is 0 Å². The Balaban J connectivity index is 2.40. The van der Waals surface area contributed by atoms with E-state index in [2.05, 4.69) is 9.97 Å². The van der Waals surface area contributed by atoms with Crippen LogP contribution in [0.5, 0.6) is 0 Å². The number of hydrogen-bond acceptors (Lipinski definition) is 5. The number of aryl methyl sites for hydroxylation is 1. The molecular weight excluding hydrogens is 222 g/mol. The molecule has 1 unspecified atom stereocenters. The molecule has 84 valence electrons. The first-order chi connectivity index (χ1) is 7.72. The van der Waals surface area contributed by atoms with Gasteiger partial charge in [-0.2, -0.15) is 0 Å². The maximum Gasteiger partial charge on any atom is 0.158 e. The fourth-order valence-corrected chi connectivity index (χ4v) is 2.30. The summed E-state index contributed by atoms with van der Waals surface area (Å²) in [6, 6.07) is 3.88. The summed E-state index contributed by atoms with van der Waals surface area (Å²) in [5.41, 5.74) is 7.39. The number of nitrogens with two attached hydrogens (primary N) is 1. The van der Waals surface area contributed by atoms with Gasteiger partial charge in [-0.25, -0.2) is 9.97 Å². The minimum absolute atomic E-state index is 0.132. The fourth-order valence-electron chi connectivity index (χ4n) is 1.40. The number of rotatable bonds is 3. The van der Waals surface area contributed by atoms with Crippen LogP contribution in [-0.4, -0.2) is 21.6 Å². The highest BCUT2D eigenvalue weighted by Gasteiger charge is 2.11. The molecular formula is C11H13N3OS. The molecule has 2 aromatic rings. The summed E-state index contributed by atoms with van der Waals surface area (Å²) < 4.78 is 0. The van der Waals surface area contributed by atoms with Gasteiger partial charge in [-0.05, 0) is 30.0 Å². The highest BCUT2D eigenvalue weighted by molar-refractivity contribution is 7.13. The first-order valence-electron chi connectivity index (χ1n) is 4.98. The Morgan fingerprint density at radius 3 is 2.94 bits per heavy atom. The highest BCUT2D eigenvalue weighted by Crippen LogP contribution is 2.27. The molecule has 0 amide bonds. The van der Waals surface area contributed by atoms with Crippen molar-refractivity contribution in [2.24, 2.45) is 5.73 Å². The fraction of sp³-hybridized carbons (Fsp3) is 0.273. The number of aliphatic hydroxyl groups excluding tert-OH is 1. The Labute approximate surface area is 97.8 Å². The summed E-state index contributed by atoms with van der Waals surface area (Å²) in [5.74, 6) is 0.382. The molecule has 0 aliphatic carbocycles. The zero-order valence-corrected chi connectivity index (χ0v) is 9.74. The van der Waals surface area contributed by atoms with Gasteiger partial charge in [0.25, 0.3) is 0 Å². The smallest absolute Gasteiger partial charge is 0.158 e. The van der Waals surface area contributed by atoms with Gasteiger partial charge in [-0.15, -0.1) is 11.3 Å². The van der Waals surface area contributed by atoms with E-state index in [0.29, 0.717) is 5.82 Å². The molecule has 0 aliphatic rings. The molecule has 0 aromatic carbocycles. The normalized spacial score (nSPS) is 12.7. The average Bonchev–Trinajstić information content (AvgIpc) is 2.74. The van der Waals surface area contributed by atoms with Crippen LogP contribution < -0.4 is 5.73 Å². The number of aromatic nitrogens is 2. The van der Waals surface area contributed by atoms with Crippen LogP contribution in [0.4, 0.5) is 0 Å². The van der Waals surface area contributed by atoms with Crippen molar-refractivity contribution in [2.75, 3.05) is 6.54 Å². The zero-order chi connectivity index (χ0) is 11.5. The highest BCUT2D eigenvalue weighted by atomic mass is 32.1. The third-order valence-corrected chi connectivity index (χ3v) is 3.33. The number of thiophene rings is 1. The van der Waals surface area contributed by atoms with E-state index in [1.54, 1.807) is 17.5 Å². The second-order valence-corrected chi connectivity index (χ2v) is 4.40. The number of nitrogens with zero attached hydrogens (tertiary/aromatic N) is 2. The van der Waals surface area contributed by atoms with Gasteiger partial charge in [0.15, 0.2) is 5.82 Å². The molecule has 5 heteroatoms. The summed E-state index contributed by atoms with van der Waals surface area (Å²) in [6.07, 6.45) is 0.857. The van der Waals surface area contributed by atoms with Crippen molar-refractivity contribution in [2.45, 2.75) is 13.0 Å². The van der Waals surface area contributed by atoms with Gasteiger partial charge in [0.05, 0.1) is 10.6 Å². The molecule has 2 heterocycles. The molecule has 2 rings (SSSR count). The molecule has 1 atom stereocenters. The molecule has 4 nitrogen and oxygen atoms in total. The summed E-state index contributed by atoms with van der Waals surface area (Å²) in [4.78, 5) is 9.43. The molecule has 2 aromatic heterocycles. The Hall–Kier alpha value is -1.30. The third-order valence-electron chi connectivity index (χ3n) is 2.29. The van der Waals surface area contributed by atoms with Crippen LogP contribution in [-0.2, 0) is 0 Å². The summed E-state index contributed by atoms with van der Waals surface area (Å²) >= 11 is 1.63. The predicted molar refractivity (Wildman–Crippen MR) is 64.1 cm³/mol. The Morgan fingerprint density at radius 2 is 2.31 bits per heavy atom.